The number of rotatable bonds is 3. The zero-order valence-electron chi connectivity index (χ0n) is 14.0. The van der Waals surface area contributed by atoms with Gasteiger partial charge < -0.3 is 5.11 Å². The Morgan fingerprint density at radius 2 is 1.68 bits per heavy atom. The molecule has 3 aromatic rings. The van der Waals surface area contributed by atoms with Gasteiger partial charge in [-0.1, -0.05) is 49.6 Å². The normalized spacial score (nSPS) is 15.4. The van der Waals surface area contributed by atoms with E-state index in [1.54, 1.807) is 18.2 Å². The molecule has 4 rings (SSSR count). The molecule has 0 atom stereocenters. The standard InChI is InChI=1S/C21H20N2O2/c24-21(25)16-11-12-17-18(13-16)23-20(15-9-5-2-6-10-15)19(22-17)14-7-3-1-4-8-14/h2,5-6,9-14H,1,3-4,7-8H2,(H,24,25). The number of carboxylic acids is 1. The first-order valence-corrected chi connectivity index (χ1v) is 8.83. The van der Waals surface area contributed by atoms with E-state index in [4.69, 9.17) is 9.97 Å². The number of benzene rings is 2. The number of carbonyl (C=O) groups is 1. The average molecular weight is 332 g/mol. The Morgan fingerprint density at radius 3 is 2.40 bits per heavy atom. The topological polar surface area (TPSA) is 63.1 Å². The zero-order valence-corrected chi connectivity index (χ0v) is 14.0. The number of aromatic carboxylic acids is 1. The van der Waals surface area contributed by atoms with E-state index in [-0.39, 0.29) is 5.56 Å². The lowest BCUT2D eigenvalue weighted by atomic mass is 9.85. The molecule has 1 saturated carbocycles. The summed E-state index contributed by atoms with van der Waals surface area (Å²) in [6.45, 7) is 0. The Kier molecular flexibility index (Phi) is 4.18. The maximum Gasteiger partial charge on any atom is 0.335 e. The van der Waals surface area contributed by atoms with Crippen LogP contribution in [0.25, 0.3) is 22.3 Å². The minimum absolute atomic E-state index is 0.242. The Hall–Kier alpha value is -2.75. The van der Waals surface area contributed by atoms with Gasteiger partial charge >= 0.3 is 5.97 Å². The van der Waals surface area contributed by atoms with E-state index in [0.29, 0.717) is 11.4 Å². The molecule has 2 aromatic carbocycles. The molecule has 1 aliphatic carbocycles. The van der Waals surface area contributed by atoms with E-state index >= 15 is 0 Å². The molecule has 0 radical (unpaired) electrons. The molecular formula is C21H20N2O2. The van der Waals surface area contributed by atoms with Crippen molar-refractivity contribution in [3.63, 3.8) is 0 Å². The first kappa shape index (κ1) is 15.8. The summed E-state index contributed by atoms with van der Waals surface area (Å²) in [6.07, 6.45) is 6.05. The average Bonchev–Trinajstić information content (AvgIpc) is 2.68. The fourth-order valence-corrected chi connectivity index (χ4v) is 3.67. The summed E-state index contributed by atoms with van der Waals surface area (Å²) in [4.78, 5) is 21.0. The Balaban J connectivity index is 1.91. The van der Waals surface area contributed by atoms with Gasteiger partial charge in [-0.3, -0.25) is 0 Å². The molecule has 1 N–H and O–H groups in total. The van der Waals surface area contributed by atoms with Gasteiger partial charge in [0, 0.05) is 11.5 Å². The number of hydrogen-bond acceptors (Lipinski definition) is 3. The van der Waals surface area contributed by atoms with Gasteiger partial charge in [-0.15, -0.1) is 0 Å². The van der Waals surface area contributed by atoms with Crippen molar-refractivity contribution in [2.45, 2.75) is 38.0 Å². The maximum atomic E-state index is 11.3. The predicted octanol–water partition coefficient (Wildman–Crippen LogP) is 5.04. The Morgan fingerprint density at radius 1 is 0.920 bits per heavy atom. The summed E-state index contributed by atoms with van der Waals surface area (Å²) >= 11 is 0. The largest absolute Gasteiger partial charge is 0.478 e. The van der Waals surface area contributed by atoms with Crippen LogP contribution < -0.4 is 0 Å². The molecule has 0 saturated heterocycles. The van der Waals surface area contributed by atoms with Gasteiger partial charge in [-0.05, 0) is 31.0 Å². The highest BCUT2D eigenvalue weighted by molar-refractivity contribution is 5.92. The molecule has 1 fully saturated rings. The van der Waals surface area contributed by atoms with Crippen LogP contribution in [0.5, 0.6) is 0 Å². The molecule has 0 unspecified atom stereocenters. The number of hydrogen-bond donors (Lipinski definition) is 1. The summed E-state index contributed by atoms with van der Waals surface area (Å²) in [7, 11) is 0. The molecule has 0 aliphatic heterocycles. The van der Waals surface area contributed by atoms with Crippen LogP contribution in [-0.4, -0.2) is 21.0 Å². The first-order chi connectivity index (χ1) is 12.2. The molecule has 0 spiro atoms. The van der Waals surface area contributed by atoms with E-state index in [0.717, 1.165) is 35.3 Å². The fourth-order valence-electron chi connectivity index (χ4n) is 3.67. The van der Waals surface area contributed by atoms with Crippen molar-refractivity contribution in [2.75, 3.05) is 0 Å². The van der Waals surface area contributed by atoms with Crippen molar-refractivity contribution in [3.05, 3.63) is 59.8 Å². The second-order valence-electron chi connectivity index (χ2n) is 6.67. The quantitative estimate of drug-likeness (QED) is 0.729. The maximum absolute atomic E-state index is 11.3. The number of fused-ring (bicyclic) bond motifs is 1. The minimum Gasteiger partial charge on any atom is -0.478 e. The van der Waals surface area contributed by atoms with E-state index in [9.17, 15) is 9.90 Å². The lowest BCUT2D eigenvalue weighted by molar-refractivity contribution is 0.0697. The summed E-state index contributed by atoms with van der Waals surface area (Å²) in [5, 5.41) is 9.24. The zero-order chi connectivity index (χ0) is 17.2. The third-order valence-electron chi connectivity index (χ3n) is 4.98. The van der Waals surface area contributed by atoms with Crippen molar-refractivity contribution in [1.82, 2.24) is 9.97 Å². The molecule has 4 nitrogen and oxygen atoms in total. The summed E-state index contributed by atoms with van der Waals surface area (Å²) in [5.74, 6) is -0.513. The summed E-state index contributed by atoms with van der Waals surface area (Å²) in [5.41, 5.74) is 4.64. The lowest BCUT2D eigenvalue weighted by Crippen LogP contribution is -2.10. The molecule has 0 amide bonds. The van der Waals surface area contributed by atoms with E-state index < -0.39 is 5.97 Å². The van der Waals surface area contributed by atoms with Crippen molar-refractivity contribution < 1.29 is 9.90 Å². The van der Waals surface area contributed by atoms with Gasteiger partial charge in [0.25, 0.3) is 0 Å². The van der Waals surface area contributed by atoms with Crippen LogP contribution >= 0.6 is 0 Å². The number of aromatic nitrogens is 2. The van der Waals surface area contributed by atoms with Crippen LogP contribution in [-0.2, 0) is 0 Å². The lowest BCUT2D eigenvalue weighted by Gasteiger charge is -2.23. The van der Waals surface area contributed by atoms with Crippen molar-refractivity contribution >= 4 is 17.0 Å². The smallest absolute Gasteiger partial charge is 0.335 e. The van der Waals surface area contributed by atoms with Crippen LogP contribution in [0.3, 0.4) is 0 Å². The monoisotopic (exact) mass is 332 g/mol. The van der Waals surface area contributed by atoms with Gasteiger partial charge in [0.1, 0.15) is 0 Å². The Bertz CT molecular complexity index is 916. The third kappa shape index (κ3) is 3.12. The van der Waals surface area contributed by atoms with Gasteiger partial charge in [-0.2, -0.15) is 0 Å². The van der Waals surface area contributed by atoms with Gasteiger partial charge in [0.05, 0.1) is 28.0 Å². The number of carboxylic acid groups (broad SMARTS) is 1. The first-order valence-electron chi connectivity index (χ1n) is 8.83. The van der Waals surface area contributed by atoms with E-state index in [1.165, 1.54) is 19.3 Å². The summed E-state index contributed by atoms with van der Waals surface area (Å²) in [6, 6.07) is 15.1. The fraction of sp³-hybridized carbons (Fsp3) is 0.286. The van der Waals surface area contributed by atoms with Crippen molar-refractivity contribution in [2.24, 2.45) is 0 Å². The minimum atomic E-state index is -0.943. The Labute approximate surface area is 146 Å². The molecule has 0 bridgehead atoms. The van der Waals surface area contributed by atoms with Gasteiger partial charge in [0.15, 0.2) is 0 Å². The molecule has 1 heterocycles. The van der Waals surface area contributed by atoms with Gasteiger partial charge in [-0.25, -0.2) is 14.8 Å². The predicted molar refractivity (Wildman–Crippen MR) is 97.8 cm³/mol. The highest BCUT2D eigenvalue weighted by Gasteiger charge is 2.22. The molecule has 1 aromatic heterocycles. The highest BCUT2D eigenvalue weighted by atomic mass is 16.4. The second-order valence-corrected chi connectivity index (χ2v) is 6.67. The van der Waals surface area contributed by atoms with Crippen LogP contribution in [0.15, 0.2) is 48.5 Å². The van der Waals surface area contributed by atoms with Crippen LogP contribution in [0.1, 0.15) is 54.1 Å². The number of nitrogens with zero attached hydrogens (tertiary/aromatic N) is 2. The van der Waals surface area contributed by atoms with Crippen LogP contribution in [0.2, 0.25) is 0 Å². The second kappa shape index (κ2) is 6.63. The van der Waals surface area contributed by atoms with E-state index in [1.807, 2.05) is 30.3 Å². The molecule has 1 aliphatic rings. The van der Waals surface area contributed by atoms with Crippen molar-refractivity contribution in [1.29, 1.82) is 0 Å². The highest BCUT2D eigenvalue weighted by Crippen LogP contribution is 2.37. The van der Waals surface area contributed by atoms with Gasteiger partial charge in [0.2, 0.25) is 0 Å². The SMILES string of the molecule is O=C(O)c1ccc2nc(C3CCCCC3)c(-c3ccccc3)nc2c1. The van der Waals surface area contributed by atoms with Crippen molar-refractivity contribution in [3.8, 4) is 11.3 Å². The summed E-state index contributed by atoms with van der Waals surface area (Å²) < 4.78 is 0. The molecule has 126 valence electrons. The molecular weight excluding hydrogens is 312 g/mol. The van der Waals surface area contributed by atoms with E-state index in [2.05, 4.69) is 0 Å². The van der Waals surface area contributed by atoms with Crippen LogP contribution in [0, 0.1) is 0 Å². The van der Waals surface area contributed by atoms with Crippen LogP contribution in [0.4, 0.5) is 0 Å². The molecule has 25 heavy (non-hydrogen) atoms. The third-order valence-corrected chi connectivity index (χ3v) is 4.98. The molecule has 4 heteroatoms.